The third kappa shape index (κ3) is 5.55. The SMILES string of the molecule is CC(O)[C@@H]1C(=O)N(CCCc2c[nH]c3ccccc23)CCC1N(C)Cc1cc(Cl)cc(Cl)c1. The smallest absolute Gasteiger partial charge is 0.229 e. The maximum Gasteiger partial charge on any atom is 0.229 e. The van der Waals surface area contributed by atoms with Crippen molar-refractivity contribution in [3.63, 3.8) is 0 Å². The lowest BCUT2D eigenvalue weighted by atomic mass is 9.85. The number of aromatic amines is 1. The molecule has 3 aromatic rings. The van der Waals surface area contributed by atoms with Crippen LogP contribution in [0.1, 0.15) is 30.9 Å². The zero-order valence-corrected chi connectivity index (χ0v) is 20.6. The second kappa shape index (κ2) is 10.5. The van der Waals surface area contributed by atoms with Crippen LogP contribution in [0.3, 0.4) is 0 Å². The minimum Gasteiger partial charge on any atom is -0.393 e. The van der Waals surface area contributed by atoms with Crippen molar-refractivity contribution in [1.82, 2.24) is 14.8 Å². The van der Waals surface area contributed by atoms with E-state index in [1.165, 1.54) is 10.9 Å². The predicted octanol–water partition coefficient (Wildman–Crippen LogP) is 5.14. The number of aryl methyl sites for hydroxylation is 1. The number of para-hydroxylation sites is 1. The first-order valence-electron chi connectivity index (χ1n) is 11.5. The number of aliphatic hydroxyl groups excluding tert-OH is 1. The first-order valence-corrected chi connectivity index (χ1v) is 12.3. The van der Waals surface area contributed by atoms with E-state index in [0.717, 1.165) is 30.3 Å². The number of halogens is 2. The van der Waals surface area contributed by atoms with E-state index in [2.05, 4.69) is 34.3 Å². The number of carbonyl (C=O) groups is 1. The zero-order chi connectivity index (χ0) is 23.5. The number of rotatable bonds is 8. The number of carbonyl (C=O) groups excluding carboxylic acids is 1. The van der Waals surface area contributed by atoms with E-state index < -0.39 is 12.0 Å². The predicted molar refractivity (Wildman–Crippen MR) is 135 cm³/mol. The number of piperidine rings is 1. The number of aliphatic hydroxyl groups is 1. The first-order chi connectivity index (χ1) is 15.8. The van der Waals surface area contributed by atoms with E-state index >= 15 is 0 Å². The van der Waals surface area contributed by atoms with Crippen molar-refractivity contribution in [1.29, 1.82) is 0 Å². The number of nitrogens with one attached hydrogen (secondary N) is 1. The van der Waals surface area contributed by atoms with E-state index in [0.29, 0.717) is 29.7 Å². The normalized spacial score (nSPS) is 20.1. The minimum atomic E-state index is -0.718. The first kappa shape index (κ1) is 24.1. The molecule has 1 fully saturated rings. The summed E-state index contributed by atoms with van der Waals surface area (Å²) in [5.74, 6) is -0.414. The van der Waals surface area contributed by atoms with Gasteiger partial charge in [-0.3, -0.25) is 9.69 Å². The summed E-state index contributed by atoms with van der Waals surface area (Å²) in [6.45, 7) is 3.72. The Balaban J connectivity index is 1.38. The Morgan fingerprint density at radius 2 is 1.94 bits per heavy atom. The van der Waals surface area contributed by atoms with Crippen LogP contribution in [0.4, 0.5) is 0 Å². The molecule has 0 aliphatic carbocycles. The molecule has 0 radical (unpaired) electrons. The van der Waals surface area contributed by atoms with Gasteiger partial charge in [-0.2, -0.15) is 0 Å². The van der Waals surface area contributed by atoms with Crippen LogP contribution >= 0.6 is 23.2 Å². The molecule has 1 aliphatic rings. The fourth-order valence-corrected chi connectivity index (χ4v) is 5.68. The molecule has 0 bridgehead atoms. The summed E-state index contributed by atoms with van der Waals surface area (Å²) < 4.78 is 0. The third-order valence-electron chi connectivity index (χ3n) is 6.70. The Morgan fingerprint density at radius 3 is 2.67 bits per heavy atom. The Kier molecular flexibility index (Phi) is 7.65. The molecule has 1 aromatic heterocycles. The van der Waals surface area contributed by atoms with E-state index in [-0.39, 0.29) is 11.9 Å². The van der Waals surface area contributed by atoms with Gasteiger partial charge in [-0.25, -0.2) is 0 Å². The molecule has 33 heavy (non-hydrogen) atoms. The Morgan fingerprint density at radius 1 is 1.21 bits per heavy atom. The molecule has 7 heteroatoms. The van der Waals surface area contributed by atoms with Crippen molar-refractivity contribution in [3.8, 4) is 0 Å². The zero-order valence-electron chi connectivity index (χ0n) is 19.1. The molecule has 1 saturated heterocycles. The second-order valence-corrected chi connectivity index (χ2v) is 9.98. The van der Waals surface area contributed by atoms with Crippen molar-refractivity contribution in [2.45, 2.75) is 44.9 Å². The highest BCUT2D eigenvalue weighted by Crippen LogP contribution is 2.29. The highest BCUT2D eigenvalue weighted by molar-refractivity contribution is 6.34. The molecule has 176 valence electrons. The molecule has 0 spiro atoms. The number of likely N-dealkylation sites (tertiary alicyclic amines) is 1. The van der Waals surface area contributed by atoms with Crippen molar-refractivity contribution in [2.24, 2.45) is 5.92 Å². The van der Waals surface area contributed by atoms with Crippen molar-refractivity contribution < 1.29 is 9.90 Å². The lowest BCUT2D eigenvalue weighted by Gasteiger charge is -2.43. The van der Waals surface area contributed by atoms with Gasteiger partial charge in [-0.15, -0.1) is 0 Å². The van der Waals surface area contributed by atoms with Gasteiger partial charge in [-0.05, 0) is 68.6 Å². The molecule has 2 aromatic carbocycles. The number of aromatic nitrogens is 1. The van der Waals surface area contributed by atoms with Gasteiger partial charge >= 0.3 is 0 Å². The summed E-state index contributed by atoms with van der Waals surface area (Å²) in [4.78, 5) is 20.7. The topological polar surface area (TPSA) is 59.6 Å². The average Bonchev–Trinajstić information content (AvgIpc) is 3.16. The standard InChI is InChI=1S/C26H31Cl2N3O2/c1-17(32)25-24(30(2)16-18-12-20(27)14-21(28)13-18)9-11-31(26(25)33)10-5-6-19-15-29-23-8-4-3-7-22(19)23/h3-4,7-8,12-15,17,24-25,29,32H,5-6,9-11,16H2,1-2H3/t17?,24?,25-/m0/s1. The van der Waals surface area contributed by atoms with Gasteiger partial charge in [0, 0.05) is 52.8 Å². The summed E-state index contributed by atoms with van der Waals surface area (Å²) in [6, 6.07) is 13.7. The van der Waals surface area contributed by atoms with E-state index in [1.54, 1.807) is 13.0 Å². The van der Waals surface area contributed by atoms with Crippen LogP contribution in [0.5, 0.6) is 0 Å². The lowest BCUT2D eigenvalue weighted by Crippen LogP contribution is -2.56. The van der Waals surface area contributed by atoms with Crippen LogP contribution in [-0.2, 0) is 17.8 Å². The number of fused-ring (bicyclic) bond motifs is 1. The third-order valence-corrected chi connectivity index (χ3v) is 7.13. The molecule has 2 N–H and O–H groups in total. The van der Waals surface area contributed by atoms with Gasteiger partial charge in [-0.1, -0.05) is 41.4 Å². The summed E-state index contributed by atoms with van der Waals surface area (Å²) >= 11 is 12.3. The van der Waals surface area contributed by atoms with E-state index in [4.69, 9.17) is 23.2 Å². The highest BCUT2D eigenvalue weighted by atomic mass is 35.5. The molecule has 2 unspecified atom stereocenters. The van der Waals surface area contributed by atoms with Gasteiger partial charge in [0.05, 0.1) is 12.0 Å². The Bertz CT molecular complexity index is 1090. The second-order valence-electron chi connectivity index (χ2n) is 9.10. The summed E-state index contributed by atoms with van der Waals surface area (Å²) in [7, 11) is 1.99. The molecule has 1 amide bonds. The quantitative estimate of drug-likeness (QED) is 0.462. The van der Waals surface area contributed by atoms with Crippen LogP contribution in [-0.4, -0.2) is 58.1 Å². The fourth-order valence-electron chi connectivity index (χ4n) is 5.10. The van der Waals surface area contributed by atoms with Crippen LogP contribution in [0, 0.1) is 5.92 Å². The number of hydrogen-bond donors (Lipinski definition) is 2. The molecule has 4 rings (SSSR count). The molecule has 1 aliphatic heterocycles. The van der Waals surface area contributed by atoms with Gasteiger partial charge in [0.25, 0.3) is 0 Å². The number of hydrogen-bond acceptors (Lipinski definition) is 3. The maximum absolute atomic E-state index is 13.3. The summed E-state index contributed by atoms with van der Waals surface area (Å²) in [5.41, 5.74) is 3.41. The van der Waals surface area contributed by atoms with Crippen molar-refractivity contribution in [3.05, 3.63) is 69.8 Å². The number of H-pyrrole nitrogens is 1. The average molecular weight is 488 g/mol. The molecule has 2 heterocycles. The fraction of sp³-hybridized carbons (Fsp3) is 0.423. The van der Waals surface area contributed by atoms with Gasteiger partial charge < -0.3 is 15.0 Å². The van der Waals surface area contributed by atoms with Crippen LogP contribution in [0.15, 0.2) is 48.7 Å². The Hall–Kier alpha value is -2.05. The van der Waals surface area contributed by atoms with E-state index in [1.807, 2.05) is 30.1 Å². The minimum absolute atomic E-state index is 0.0381. The molecule has 5 nitrogen and oxygen atoms in total. The Labute approximate surface area is 205 Å². The number of amides is 1. The molecule has 0 saturated carbocycles. The monoisotopic (exact) mass is 487 g/mol. The lowest BCUT2D eigenvalue weighted by molar-refractivity contribution is -0.147. The van der Waals surface area contributed by atoms with Crippen LogP contribution in [0.25, 0.3) is 10.9 Å². The van der Waals surface area contributed by atoms with Crippen LogP contribution in [0.2, 0.25) is 10.0 Å². The largest absolute Gasteiger partial charge is 0.393 e. The van der Waals surface area contributed by atoms with E-state index in [9.17, 15) is 9.90 Å². The molecule has 3 atom stereocenters. The highest BCUT2D eigenvalue weighted by Gasteiger charge is 2.41. The summed E-state index contributed by atoms with van der Waals surface area (Å²) in [5, 5.41) is 12.9. The maximum atomic E-state index is 13.3. The van der Waals surface area contributed by atoms with Crippen molar-refractivity contribution in [2.75, 3.05) is 20.1 Å². The number of nitrogens with zero attached hydrogens (tertiary/aromatic N) is 2. The van der Waals surface area contributed by atoms with Crippen LogP contribution < -0.4 is 0 Å². The van der Waals surface area contributed by atoms with Crippen molar-refractivity contribution >= 4 is 40.0 Å². The molecular formula is C26H31Cl2N3O2. The summed E-state index contributed by atoms with van der Waals surface area (Å²) in [6.07, 6.45) is 3.96. The van der Waals surface area contributed by atoms with Gasteiger partial charge in [0.15, 0.2) is 0 Å². The molecular weight excluding hydrogens is 457 g/mol. The van der Waals surface area contributed by atoms with Gasteiger partial charge in [0.1, 0.15) is 0 Å². The number of benzene rings is 2. The van der Waals surface area contributed by atoms with Gasteiger partial charge in [0.2, 0.25) is 5.91 Å².